The van der Waals surface area contributed by atoms with Crippen molar-refractivity contribution in [2.45, 2.75) is 10.6 Å². The molecule has 0 aliphatic rings. The monoisotopic (exact) mass is 305 g/mol. The number of ether oxygens (including phenoxy) is 1. The van der Waals surface area contributed by atoms with Crippen LogP contribution in [-0.4, -0.2) is 11.3 Å². The van der Waals surface area contributed by atoms with Gasteiger partial charge in [-0.25, -0.2) is 0 Å². The fourth-order valence-electron chi connectivity index (χ4n) is 1.70. The average molecular weight is 306 g/mol. The molecule has 0 aliphatic carbocycles. The molecule has 0 amide bonds. The summed E-state index contributed by atoms with van der Waals surface area (Å²) in [6, 6.07) is 14.1. The van der Waals surface area contributed by atoms with Gasteiger partial charge in [-0.15, -0.1) is 0 Å². The summed E-state index contributed by atoms with van der Waals surface area (Å²) in [5.74, 6) is 0.972. The van der Waals surface area contributed by atoms with Gasteiger partial charge in [0.15, 0.2) is 0 Å². The van der Waals surface area contributed by atoms with Crippen molar-refractivity contribution in [1.29, 1.82) is 5.26 Å². The molecule has 20 heavy (non-hydrogen) atoms. The zero-order chi connectivity index (χ0) is 14.5. The molecule has 102 valence electrons. The minimum absolute atomic E-state index is 0.303. The minimum atomic E-state index is -1.21. The quantitative estimate of drug-likeness (QED) is 0.868. The summed E-state index contributed by atoms with van der Waals surface area (Å²) in [4.78, 5) is 0.685. The van der Waals surface area contributed by atoms with Crippen molar-refractivity contribution < 1.29 is 8.95 Å². The van der Waals surface area contributed by atoms with Crippen LogP contribution in [0.25, 0.3) is 0 Å². The van der Waals surface area contributed by atoms with Crippen LogP contribution >= 0.6 is 11.6 Å². The lowest BCUT2D eigenvalue weighted by atomic mass is 10.2. The highest BCUT2D eigenvalue weighted by Crippen LogP contribution is 2.23. The second-order valence-corrected chi connectivity index (χ2v) is 5.95. The second-order valence-electron chi connectivity index (χ2n) is 4.09. The number of hydrogen-bond acceptors (Lipinski definition) is 3. The molecule has 0 bridgehead atoms. The molecule has 0 radical (unpaired) electrons. The van der Waals surface area contributed by atoms with Crippen molar-refractivity contribution in [3.63, 3.8) is 0 Å². The van der Waals surface area contributed by atoms with E-state index in [1.807, 2.05) is 6.07 Å². The Bertz CT molecular complexity index is 695. The first-order valence-electron chi connectivity index (χ1n) is 5.85. The molecule has 3 nitrogen and oxygen atoms in total. The molecule has 0 aromatic heterocycles. The Labute approximate surface area is 125 Å². The molecule has 2 rings (SSSR count). The van der Waals surface area contributed by atoms with Gasteiger partial charge in [0.2, 0.25) is 0 Å². The third-order valence-electron chi connectivity index (χ3n) is 2.77. The van der Waals surface area contributed by atoms with Gasteiger partial charge >= 0.3 is 0 Å². The van der Waals surface area contributed by atoms with Crippen LogP contribution in [0.5, 0.6) is 5.75 Å². The van der Waals surface area contributed by atoms with Crippen LogP contribution in [0, 0.1) is 11.3 Å². The van der Waals surface area contributed by atoms with Gasteiger partial charge in [0.25, 0.3) is 0 Å². The van der Waals surface area contributed by atoms with E-state index in [-0.39, 0.29) is 0 Å². The van der Waals surface area contributed by atoms with Crippen molar-refractivity contribution in [3.8, 4) is 11.8 Å². The van der Waals surface area contributed by atoms with E-state index in [1.165, 1.54) is 0 Å². The van der Waals surface area contributed by atoms with Crippen LogP contribution in [0.15, 0.2) is 47.4 Å². The van der Waals surface area contributed by atoms with Gasteiger partial charge in [-0.05, 0) is 35.9 Å². The molecule has 0 heterocycles. The van der Waals surface area contributed by atoms with E-state index >= 15 is 0 Å². The Balaban J connectivity index is 2.21. The molecule has 2 aromatic rings. The first kappa shape index (κ1) is 14.6. The Morgan fingerprint density at radius 2 is 2.10 bits per heavy atom. The highest BCUT2D eigenvalue weighted by Gasteiger charge is 2.09. The first-order chi connectivity index (χ1) is 9.63. The van der Waals surface area contributed by atoms with Gasteiger partial charge in [0, 0.05) is 9.92 Å². The Morgan fingerprint density at radius 3 is 2.75 bits per heavy atom. The average Bonchev–Trinajstić information content (AvgIpc) is 2.49. The van der Waals surface area contributed by atoms with Crippen LogP contribution in [-0.2, 0) is 16.6 Å². The summed E-state index contributed by atoms with van der Waals surface area (Å²) in [5.41, 5.74) is 1.25. The van der Waals surface area contributed by atoms with Crippen LogP contribution in [0.1, 0.15) is 11.1 Å². The molecular weight excluding hydrogens is 294 g/mol. The SMILES string of the molecule is COc1cccc(S(=O)Cc2ccc(C#N)cc2Cl)c1. The molecule has 0 spiro atoms. The van der Waals surface area contributed by atoms with Crippen LogP contribution < -0.4 is 4.74 Å². The molecule has 1 atom stereocenters. The highest BCUT2D eigenvalue weighted by atomic mass is 35.5. The number of halogens is 1. The molecule has 0 N–H and O–H groups in total. The van der Waals surface area contributed by atoms with Gasteiger partial charge in [-0.3, -0.25) is 4.21 Å². The van der Waals surface area contributed by atoms with Crippen LogP contribution in [0.4, 0.5) is 0 Å². The first-order valence-corrected chi connectivity index (χ1v) is 7.54. The lowest BCUT2D eigenvalue weighted by Crippen LogP contribution is -1.98. The van der Waals surface area contributed by atoms with Gasteiger partial charge in [-0.1, -0.05) is 23.7 Å². The zero-order valence-electron chi connectivity index (χ0n) is 10.8. The molecule has 1 unspecified atom stereocenters. The molecule has 0 saturated carbocycles. The number of benzene rings is 2. The summed E-state index contributed by atoms with van der Waals surface area (Å²) in [6.07, 6.45) is 0. The molecule has 0 fully saturated rings. The van der Waals surface area contributed by atoms with Crippen molar-refractivity contribution >= 4 is 22.4 Å². The molecule has 2 aromatic carbocycles. The maximum absolute atomic E-state index is 12.3. The number of hydrogen-bond donors (Lipinski definition) is 0. The van der Waals surface area contributed by atoms with Gasteiger partial charge < -0.3 is 4.74 Å². The maximum atomic E-state index is 12.3. The van der Waals surface area contributed by atoms with E-state index in [1.54, 1.807) is 49.6 Å². The number of nitrogens with zero attached hydrogens (tertiary/aromatic N) is 1. The molecule has 0 aliphatic heterocycles. The minimum Gasteiger partial charge on any atom is -0.497 e. The normalized spacial score (nSPS) is 11.7. The van der Waals surface area contributed by atoms with Crippen LogP contribution in [0.3, 0.4) is 0 Å². The van der Waals surface area contributed by atoms with Crippen molar-refractivity contribution in [3.05, 3.63) is 58.6 Å². The lowest BCUT2D eigenvalue weighted by Gasteiger charge is -2.06. The maximum Gasteiger partial charge on any atom is 0.120 e. The molecule has 0 saturated heterocycles. The number of methoxy groups -OCH3 is 1. The topological polar surface area (TPSA) is 50.1 Å². The Hall–Kier alpha value is -1.83. The van der Waals surface area contributed by atoms with E-state index in [4.69, 9.17) is 21.6 Å². The number of rotatable bonds is 4. The molecule has 5 heteroatoms. The standard InChI is InChI=1S/C15H12ClNO2S/c1-19-13-3-2-4-14(8-13)20(18)10-12-6-5-11(9-17)7-15(12)16/h2-8H,10H2,1H3. The summed E-state index contributed by atoms with van der Waals surface area (Å²) in [5, 5.41) is 9.25. The van der Waals surface area contributed by atoms with E-state index in [0.717, 1.165) is 5.56 Å². The van der Waals surface area contributed by atoms with Gasteiger partial charge in [0.05, 0.1) is 35.3 Å². The Morgan fingerprint density at radius 1 is 1.30 bits per heavy atom. The predicted molar refractivity (Wildman–Crippen MR) is 79.3 cm³/mol. The zero-order valence-corrected chi connectivity index (χ0v) is 12.4. The van der Waals surface area contributed by atoms with Crippen molar-refractivity contribution in [1.82, 2.24) is 0 Å². The summed E-state index contributed by atoms with van der Waals surface area (Å²) >= 11 is 6.09. The Kier molecular flexibility index (Phi) is 4.78. The molecular formula is C15H12ClNO2S. The third kappa shape index (κ3) is 3.38. The lowest BCUT2D eigenvalue weighted by molar-refractivity contribution is 0.413. The van der Waals surface area contributed by atoms with E-state index < -0.39 is 10.8 Å². The van der Waals surface area contributed by atoms with E-state index in [2.05, 4.69) is 0 Å². The van der Waals surface area contributed by atoms with E-state index in [0.29, 0.717) is 27.0 Å². The number of nitriles is 1. The second kappa shape index (κ2) is 6.56. The summed E-state index contributed by atoms with van der Waals surface area (Å²) < 4.78 is 17.4. The van der Waals surface area contributed by atoms with Gasteiger partial charge in [-0.2, -0.15) is 5.26 Å². The largest absolute Gasteiger partial charge is 0.497 e. The van der Waals surface area contributed by atoms with Gasteiger partial charge in [0.1, 0.15) is 5.75 Å². The van der Waals surface area contributed by atoms with Crippen LogP contribution in [0.2, 0.25) is 5.02 Å². The third-order valence-corrected chi connectivity index (χ3v) is 4.48. The van der Waals surface area contributed by atoms with Crippen molar-refractivity contribution in [2.75, 3.05) is 7.11 Å². The summed E-state index contributed by atoms with van der Waals surface area (Å²) in [6.45, 7) is 0. The fourth-order valence-corrected chi connectivity index (χ4v) is 3.21. The predicted octanol–water partition coefficient (Wildman–Crippen LogP) is 3.53. The van der Waals surface area contributed by atoms with Crippen molar-refractivity contribution in [2.24, 2.45) is 0 Å². The fraction of sp³-hybridized carbons (Fsp3) is 0.133. The van der Waals surface area contributed by atoms with E-state index in [9.17, 15) is 4.21 Å². The summed E-state index contributed by atoms with van der Waals surface area (Å²) in [7, 11) is 0.357. The highest BCUT2D eigenvalue weighted by molar-refractivity contribution is 7.84. The smallest absolute Gasteiger partial charge is 0.120 e.